The molecule has 0 aliphatic heterocycles. The minimum absolute atomic E-state index is 0.0763. The number of benzene rings is 20. The zero-order chi connectivity index (χ0) is 81.0. The lowest BCUT2D eigenvalue weighted by atomic mass is 9.84. The van der Waals surface area contributed by atoms with Gasteiger partial charge in [-0.15, -0.1) is 34.0 Å². The smallest absolute Gasteiger partial charge is 0.143 e. The summed E-state index contributed by atoms with van der Waals surface area (Å²) in [6.45, 7) is 6.89. The standard InChI is InChI=1S/C42H33NS.C39H21NOS.C33H22OS/c1-42(2,3)30-20-23-34-29(26-30)27-38(36-24-25-37-35-16-10-11-17-39(35)44-41(37)40(34)36)28-18-21-33(22-19-28)43(31-12-6-4-7-13-31)32-14-8-5-9-15-32;40-22-23-16-18-24(19-17-23)35-27-10-1-2-11-28(27)37-31(21-20-30-26-9-4-6-15-34(26)42-39(30)37)36(35)32-13-7-12-29-25-8-3-5-14-33(25)41-38(29)32;1-34-25-14-11-22(12-15-25)30-20-24-19-23(21-7-3-2-4-8-21)13-16-26(24)32-28(30)17-18-29-27-9-5-6-10-31(27)35-33(29)32/h4-27H,1-3H3;1-21H;2-20H,1H3. The first-order valence-electron chi connectivity index (χ1n) is 41.1. The number of rotatable bonds is 9. The lowest BCUT2D eigenvalue weighted by molar-refractivity contribution is 0.415. The van der Waals surface area contributed by atoms with Gasteiger partial charge in [0.15, 0.2) is 0 Å². The molecule has 4 nitrogen and oxygen atoms in total. The molecule has 572 valence electrons. The third-order valence-electron chi connectivity index (χ3n) is 24.3. The number of fused-ring (bicyclic) bond motifs is 24. The Hall–Kier alpha value is -14.5. The second-order valence-corrected chi connectivity index (χ2v) is 35.4. The second-order valence-electron chi connectivity index (χ2n) is 32.3. The fourth-order valence-electron chi connectivity index (χ4n) is 18.5. The van der Waals surface area contributed by atoms with E-state index in [1.807, 2.05) is 70.4 Å². The minimum Gasteiger partial charge on any atom is -0.497 e. The van der Waals surface area contributed by atoms with E-state index in [2.05, 4.69) is 384 Å². The van der Waals surface area contributed by atoms with E-state index in [1.165, 1.54) is 164 Å². The summed E-state index contributed by atoms with van der Waals surface area (Å²) in [7, 11) is 1.71. The summed E-state index contributed by atoms with van der Waals surface area (Å²) in [6, 6.07) is 142. The van der Waals surface area contributed by atoms with Gasteiger partial charge in [-0.3, -0.25) is 0 Å². The highest BCUT2D eigenvalue weighted by atomic mass is 32.1. The molecule has 0 unspecified atom stereocenters. The molecule has 121 heavy (non-hydrogen) atoms. The summed E-state index contributed by atoms with van der Waals surface area (Å²) in [5.41, 5.74) is 19.1. The van der Waals surface area contributed by atoms with Gasteiger partial charge < -0.3 is 14.1 Å². The van der Waals surface area contributed by atoms with E-state index >= 15 is 0 Å². The van der Waals surface area contributed by atoms with E-state index in [0.717, 1.165) is 67.0 Å². The topological polar surface area (TPSA) is 49.4 Å². The normalized spacial score (nSPS) is 11.8. The summed E-state index contributed by atoms with van der Waals surface area (Å²) < 4.78 is 20.0. The van der Waals surface area contributed by atoms with Gasteiger partial charge in [-0.25, -0.2) is 0 Å². The van der Waals surface area contributed by atoms with Crippen LogP contribution in [-0.4, -0.2) is 7.11 Å². The van der Waals surface area contributed by atoms with Gasteiger partial charge in [0, 0.05) is 116 Å². The number of nitrogens with zero attached hydrogens (tertiary/aromatic N) is 2. The quantitative estimate of drug-likeness (QED) is 0.135. The Morgan fingerprint density at radius 1 is 0.298 bits per heavy atom. The van der Waals surface area contributed by atoms with E-state index in [-0.39, 0.29) is 5.41 Å². The first-order valence-corrected chi connectivity index (χ1v) is 43.5. The molecule has 4 aromatic heterocycles. The highest BCUT2D eigenvalue weighted by Crippen LogP contribution is 2.53. The van der Waals surface area contributed by atoms with Crippen molar-refractivity contribution >= 4 is 198 Å². The van der Waals surface area contributed by atoms with Gasteiger partial charge in [0.1, 0.15) is 16.9 Å². The number of hydrogen-bond acceptors (Lipinski definition) is 7. The van der Waals surface area contributed by atoms with Crippen LogP contribution in [0.5, 0.6) is 5.75 Å². The predicted molar refractivity (Wildman–Crippen MR) is 522 cm³/mol. The van der Waals surface area contributed by atoms with Crippen LogP contribution in [0.4, 0.5) is 17.1 Å². The van der Waals surface area contributed by atoms with Crippen molar-refractivity contribution in [3.8, 4) is 67.5 Å². The molecule has 0 radical (unpaired) electrons. The van der Waals surface area contributed by atoms with E-state index in [9.17, 15) is 5.26 Å². The highest BCUT2D eigenvalue weighted by molar-refractivity contribution is 7.27. The Balaban J connectivity index is 0.000000109. The molecule has 0 N–H and O–H groups in total. The summed E-state index contributed by atoms with van der Waals surface area (Å²) in [5, 5.41) is 35.0. The predicted octanol–water partition coefficient (Wildman–Crippen LogP) is 34.0. The largest absolute Gasteiger partial charge is 0.497 e. The summed E-state index contributed by atoms with van der Waals surface area (Å²) >= 11 is 5.68. The summed E-state index contributed by atoms with van der Waals surface area (Å²) in [5.74, 6) is 0.872. The van der Waals surface area contributed by atoms with Crippen LogP contribution in [0.2, 0.25) is 0 Å². The molecule has 0 amide bonds. The van der Waals surface area contributed by atoms with E-state index < -0.39 is 0 Å². The number of furan rings is 1. The molecule has 0 atom stereocenters. The maximum atomic E-state index is 9.53. The average Bonchev–Trinajstić information content (AvgIpc) is 1.66. The molecule has 0 spiro atoms. The fraction of sp³-hybridized carbons (Fsp3) is 0.0439. The number of para-hydroxylation sites is 4. The molecule has 24 rings (SSSR count). The Morgan fingerprint density at radius 3 is 1.26 bits per heavy atom. The molecule has 20 aromatic carbocycles. The third-order valence-corrected chi connectivity index (χ3v) is 27.9. The van der Waals surface area contributed by atoms with Gasteiger partial charge in [-0.2, -0.15) is 5.26 Å². The molecule has 0 bridgehead atoms. The van der Waals surface area contributed by atoms with Gasteiger partial charge in [0.2, 0.25) is 0 Å². The Bertz CT molecular complexity index is 8240. The number of methoxy groups -OCH3 is 1. The molecule has 0 saturated carbocycles. The van der Waals surface area contributed by atoms with Gasteiger partial charge >= 0.3 is 0 Å². The van der Waals surface area contributed by atoms with Crippen molar-refractivity contribution in [1.29, 1.82) is 5.26 Å². The first kappa shape index (κ1) is 72.9. The van der Waals surface area contributed by atoms with Crippen LogP contribution in [0.3, 0.4) is 0 Å². The second kappa shape index (κ2) is 29.8. The van der Waals surface area contributed by atoms with Gasteiger partial charge in [-0.1, -0.05) is 306 Å². The lowest BCUT2D eigenvalue weighted by Crippen LogP contribution is -2.10. The molecular weight excluding hydrogens is 1530 g/mol. The zero-order valence-electron chi connectivity index (χ0n) is 66.9. The van der Waals surface area contributed by atoms with E-state index in [4.69, 9.17) is 9.15 Å². The van der Waals surface area contributed by atoms with E-state index in [1.54, 1.807) is 7.11 Å². The molecule has 7 heteroatoms. The number of nitriles is 1. The highest BCUT2D eigenvalue weighted by Gasteiger charge is 2.26. The van der Waals surface area contributed by atoms with Crippen LogP contribution in [0.25, 0.3) is 203 Å². The molecule has 0 saturated heterocycles. The third kappa shape index (κ3) is 12.6. The van der Waals surface area contributed by atoms with Crippen molar-refractivity contribution in [2.24, 2.45) is 0 Å². The van der Waals surface area contributed by atoms with Crippen molar-refractivity contribution in [2.75, 3.05) is 12.0 Å². The molecular formula is C114H76N2O2S3. The van der Waals surface area contributed by atoms with Gasteiger partial charge in [0.25, 0.3) is 0 Å². The molecule has 0 aliphatic carbocycles. The maximum Gasteiger partial charge on any atom is 0.143 e. The fourth-order valence-corrected chi connectivity index (χ4v) is 22.2. The van der Waals surface area contributed by atoms with Crippen molar-refractivity contribution in [1.82, 2.24) is 0 Å². The summed E-state index contributed by atoms with van der Waals surface area (Å²) in [4.78, 5) is 2.32. The first-order chi connectivity index (χ1) is 59.5. The lowest BCUT2D eigenvalue weighted by Gasteiger charge is -2.25. The Labute approximate surface area is 712 Å². The van der Waals surface area contributed by atoms with Crippen LogP contribution in [0.1, 0.15) is 31.9 Å². The maximum absolute atomic E-state index is 9.53. The van der Waals surface area contributed by atoms with Crippen LogP contribution in [-0.2, 0) is 5.41 Å². The Morgan fingerprint density at radius 2 is 0.719 bits per heavy atom. The van der Waals surface area contributed by atoms with Gasteiger partial charge in [-0.05, 0) is 207 Å². The van der Waals surface area contributed by atoms with Crippen molar-refractivity contribution in [3.05, 3.63) is 399 Å². The number of hydrogen-bond donors (Lipinski definition) is 0. The van der Waals surface area contributed by atoms with Crippen molar-refractivity contribution in [2.45, 2.75) is 26.2 Å². The van der Waals surface area contributed by atoms with Crippen LogP contribution in [0.15, 0.2) is 393 Å². The number of thiophene rings is 3. The van der Waals surface area contributed by atoms with Crippen molar-refractivity contribution in [3.63, 3.8) is 0 Å². The average molecular weight is 1600 g/mol. The minimum atomic E-state index is 0.0763. The SMILES string of the molecule is CC(C)(C)c1ccc2c(c1)cc(-c1ccc(N(c3ccccc3)c3ccccc3)cc1)c1ccc3c4ccccc4sc3c12.COc1ccc(-c2cc3cc(-c4ccccc4)ccc3c3c2ccc2c4ccccc4sc23)cc1.N#Cc1ccc(-c2c(-c3cccc4c3oc3ccccc34)c3ccc4c5ccccc5sc4c3c3ccccc23)cc1. The zero-order valence-corrected chi connectivity index (χ0v) is 69.3. The molecule has 24 aromatic rings. The molecule has 4 heterocycles. The van der Waals surface area contributed by atoms with E-state index in [0.29, 0.717) is 5.56 Å². The van der Waals surface area contributed by atoms with Crippen LogP contribution < -0.4 is 9.64 Å². The Kier molecular flexibility index (Phi) is 18.0. The van der Waals surface area contributed by atoms with Crippen LogP contribution in [0, 0.1) is 11.3 Å². The number of ether oxygens (including phenoxy) is 1. The van der Waals surface area contributed by atoms with Gasteiger partial charge in [0.05, 0.1) is 18.7 Å². The molecule has 0 aliphatic rings. The molecule has 0 fully saturated rings. The monoisotopic (exact) mass is 1600 g/mol. The van der Waals surface area contributed by atoms with Crippen molar-refractivity contribution < 1.29 is 9.15 Å². The van der Waals surface area contributed by atoms with Crippen LogP contribution >= 0.6 is 34.0 Å². The number of anilines is 3. The summed E-state index contributed by atoms with van der Waals surface area (Å²) in [6.07, 6.45) is 0.